The van der Waals surface area contributed by atoms with E-state index >= 15 is 0 Å². The molecule has 0 saturated carbocycles. The van der Waals surface area contributed by atoms with Crippen molar-refractivity contribution < 1.29 is 4.79 Å². The van der Waals surface area contributed by atoms with Crippen molar-refractivity contribution in [1.29, 1.82) is 0 Å². The molecule has 10 heavy (non-hydrogen) atoms. The van der Waals surface area contributed by atoms with Gasteiger partial charge in [0.25, 0.3) is 0 Å². The lowest BCUT2D eigenvalue weighted by atomic mass is 10.2. The van der Waals surface area contributed by atoms with E-state index in [1.165, 1.54) is 11.1 Å². The van der Waals surface area contributed by atoms with Crippen LogP contribution in [0.25, 0.3) is 0 Å². The minimum atomic E-state index is 0.271. The summed E-state index contributed by atoms with van der Waals surface area (Å²) in [6.07, 6.45) is 5.46. The van der Waals surface area contributed by atoms with Crippen LogP contribution in [0.4, 0.5) is 0 Å². The lowest BCUT2D eigenvalue weighted by Crippen LogP contribution is -1.80. The molecule has 54 valence electrons. The summed E-state index contributed by atoms with van der Waals surface area (Å²) in [4.78, 5) is 10.7. The Balaban J connectivity index is 2.68. The molecular formula is C9H12O. The largest absolute Gasteiger partial charge is 0.295 e. The van der Waals surface area contributed by atoms with Crippen LogP contribution >= 0.6 is 0 Å². The molecule has 0 aromatic carbocycles. The molecule has 0 aromatic rings. The van der Waals surface area contributed by atoms with Gasteiger partial charge in [-0.25, -0.2) is 0 Å². The summed E-state index contributed by atoms with van der Waals surface area (Å²) in [7, 11) is 0. The van der Waals surface area contributed by atoms with Crippen molar-refractivity contribution in [3.8, 4) is 0 Å². The van der Waals surface area contributed by atoms with Crippen LogP contribution in [0.15, 0.2) is 23.3 Å². The molecule has 1 nitrogen and oxygen atoms in total. The maximum atomic E-state index is 10.7. The molecule has 0 amide bonds. The Morgan fingerprint density at radius 3 is 2.60 bits per heavy atom. The molecular weight excluding hydrogens is 124 g/mol. The van der Waals surface area contributed by atoms with E-state index in [0.29, 0.717) is 6.42 Å². The molecule has 0 fully saturated rings. The molecule has 0 saturated heterocycles. The summed E-state index contributed by atoms with van der Waals surface area (Å²) in [5.74, 6) is 0.271. The highest BCUT2D eigenvalue weighted by molar-refractivity contribution is 5.93. The van der Waals surface area contributed by atoms with Crippen LogP contribution in [-0.4, -0.2) is 5.78 Å². The van der Waals surface area contributed by atoms with Crippen LogP contribution in [0.3, 0.4) is 0 Å². The average Bonchev–Trinajstić information content (AvgIpc) is 2.13. The van der Waals surface area contributed by atoms with Gasteiger partial charge in [0.2, 0.25) is 0 Å². The van der Waals surface area contributed by atoms with Gasteiger partial charge in [0.15, 0.2) is 5.78 Å². The monoisotopic (exact) mass is 136 g/mol. The Morgan fingerprint density at radius 1 is 1.50 bits per heavy atom. The van der Waals surface area contributed by atoms with E-state index in [-0.39, 0.29) is 5.78 Å². The first kappa shape index (κ1) is 7.26. The van der Waals surface area contributed by atoms with Gasteiger partial charge in [-0.15, -0.1) is 0 Å². The van der Waals surface area contributed by atoms with E-state index in [0.717, 1.165) is 6.42 Å². The summed E-state index contributed by atoms with van der Waals surface area (Å²) >= 11 is 0. The number of carbonyl (C=O) groups is 1. The fourth-order valence-corrected chi connectivity index (χ4v) is 1.10. The van der Waals surface area contributed by atoms with Crippen LogP contribution in [0.1, 0.15) is 26.7 Å². The van der Waals surface area contributed by atoms with Gasteiger partial charge in [-0.3, -0.25) is 4.79 Å². The first-order valence-electron chi connectivity index (χ1n) is 3.57. The summed E-state index contributed by atoms with van der Waals surface area (Å²) in [5.41, 5.74) is 2.45. The summed E-state index contributed by atoms with van der Waals surface area (Å²) < 4.78 is 0. The summed E-state index contributed by atoms with van der Waals surface area (Å²) in [5, 5.41) is 0. The molecule has 0 radical (unpaired) electrons. The van der Waals surface area contributed by atoms with E-state index in [1.807, 2.05) is 13.8 Å². The molecule has 0 unspecified atom stereocenters. The van der Waals surface area contributed by atoms with Crippen LogP contribution in [-0.2, 0) is 4.79 Å². The molecule has 0 atom stereocenters. The molecule has 0 aliphatic heterocycles. The van der Waals surface area contributed by atoms with Crippen molar-refractivity contribution in [2.24, 2.45) is 0 Å². The summed E-state index contributed by atoms with van der Waals surface area (Å²) in [6.45, 7) is 4.09. The second-order valence-corrected chi connectivity index (χ2v) is 2.91. The van der Waals surface area contributed by atoms with Crippen molar-refractivity contribution in [3.63, 3.8) is 0 Å². The molecule has 1 aliphatic carbocycles. The highest BCUT2D eigenvalue weighted by Gasteiger charge is 2.08. The Morgan fingerprint density at radius 2 is 2.20 bits per heavy atom. The van der Waals surface area contributed by atoms with Gasteiger partial charge < -0.3 is 0 Å². The number of carbonyl (C=O) groups excluding carboxylic acids is 1. The number of allylic oxidation sites excluding steroid dienone is 4. The van der Waals surface area contributed by atoms with Crippen LogP contribution in [0, 0.1) is 0 Å². The lowest BCUT2D eigenvalue weighted by Gasteiger charge is -1.90. The zero-order valence-electron chi connectivity index (χ0n) is 6.48. The molecule has 0 bridgehead atoms. The highest BCUT2D eigenvalue weighted by atomic mass is 16.1. The van der Waals surface area contributed by atoms with E-state index in [2.05, 4.69) is 6.08 Å². The van der Waals surface area contributed by atoms with Crippen molar-refractivity contribution >= 4 is 5.78 Å². The van der Waals surface area contributed by atoms with Gasteiger partial charge in [0.05, 0.1) is 0 Å². The third-order valence-corrected chi connectivity index (χ3v) is 1.48. The second-order valence-electron chi connectivity index (χ2n) is 2.91. The molecule has 0 N–H and O–H groups in total. The fourth-order valence-electron chi connectivity index (χ4n) is 1.10. The van der Waals surface area contributed by atoms with E-state index < -0.39 is 0 Å². The third-order valence-electron chi connectivity index (χ3n) is 1.48. The minimum absolute atomic E-state index is 0.271. The molecule has 0 heterocycles. The van der Waals surface area contributed by atoms with Crippen LogP contribution < -0.4 is 0 Å². The van der Waals surface area contributed by atoms with Gasteiger partial charge in [0, 0.05) is 6.42 Å². The first-order chi connectivity index (χ1) is 4.68. The van der Waals surface area contributed by atoms with Crippen molar-refractivity contribution in [3.05, 3.63) is 23.3 Å². The highest BCUT2D eigenvalue weighted by Crippen LogP contribution is 2.16. The van der Waals surface area contributed by atoms with E-state index in [1.54, 1.807) is 6.08 Å². The normalized spacial score (nSPS) is 17.0. The zero-order valence-corrected chi connectivity index (χ0v) is 6.48. The Labute approximate surface area is 61.4 Å². The topological polar surface area (TPSA) is 17.1 Å². The maximum absolute atomic E-state index is 10.7. The predicted molar refractivity (Wildman–Crippen MR) is 41.8 cm³/mol. The molecule has 1 aliphatic rings. The van der Waals surface area contributed by atoms with Gasteiger partial charge >= 0.3 is 0 Å². The smallest absolute Gasteiger partial charge is 0.156 e. The number of ketones is 1. The van der Waals surface area contributed by atoms with Crippen molar-refractivity contribution in [2.45, 2.75) is 26.7 Å². The third kappa shape index (κ3) is 1.83. The van der Waals surface area contributed by atoms with E-state index in [4.69, 9.17) is 0 Å². The van der Waals surface area contributed by atoms with Crippen LogP contribution in [0.5, 0.6) is 0 Å². The number of rotatable bonds is 1. The Bertz CT molecular complexity index is 205. The Kier molecular flexibility index (Phi) is 2.05. The predicted octanol–water partition coefficient (Wildman–Crippen LogP) is 2.24. The van der Waals surface area contributed by atoms with Gasteiger partial charge in [-0.2, -0.15) is 0 Å². The molecule has 1 rings (SSSR count). The summed E-state index contributed by atoms with van der Waals surface area (Å²) in [6, 6.07) is 0. The van der Waals surface area contributed by atoms with Crippen LogP contribution in [0.2, 0.25) is 0 Å². The minimum Gasteiger partial charge on any atom is -0.295 e. The maximum Gasteiger partial charge on any atom is 0.156 e. The zero-order chi connectivity index (χ0) is 7.56. The quantitative estimate of drug-likeness (QED) is 0.540. The second kappa shape index (κ2) is 2.82. The van der Waals surface area contributed by atoms with Gasteiger partial charge in [0.1, 0.15) is 0 Å². The van der Waals surface area contributed by atoms with E-state index in [9.17, 15) is 4.79 Å². The van der Waals surface area contributed by atoms with Crippen molar-refractivity contribution in [1.82, 2.24) is 0 Å². The molecule has 1 heteroatoms. The standard InChI is InChI=1S/C9H12O/c1-7(2)5-8-3-4-9(10)6-8/h5-6H,3-4H2,1-2H3. The Hall–Kier alpha value is -0.850. The lowest BCUT2D eigenvalue weighted by molar-refractivity contribution is -0.114. The average molecular weight is 136 g/mol. The first-order valence-corrected chi connectivity index (χ1v) is 3.57. The number of hydrogen-bond donors (Lipinski definition) is 0. The fraction of sp³-hybridized carbons (Fsp3) is 0.444. The molecule has 0 spiro atoms. The van der Waals surface area contributed by atoms with Crippen molar-refractivity contribution in [2.75, 3.05) is 0 Å². The SMILES string of the molecule is CC(C)=CC1=CC(=O)CC1. The number of hydrogen-bond acceptors (Lipinski definition) is 1. The molecule has 0 aromatic heterocycles. The van der Waals surface area contributed by atoms with Gasteiger partial charge in [-0.1, -0.05) is 11.6 Å². The van der Waals surface area contributed by atoms with Gasteiger partial charge in [-0.05, 0) is 31.9 Å².